The number of carbonyl (C=O) groups is 1. The van der Waals surface area contributed by atoms with E-state index in [0.717, 1.165) is 34.5 Å². The molecule has 4 aromatic rings. The Morgan fingerprint density at radius 1 is 1.05 bits per heavy atom. The molecular formula is C31H25FN4O. The van der Waals surface area contributed by atoms with E-state index in [0.29, 0.717) is 17.9 Å². The van der Waals surface area contributed by atoms with Crippen molar-refractivity contribution in [1.82, 2.24) is 14.5 Å². The van der Waals surface area contributed by atoms with E-state index in [2.05, 4.69) is 24.0 Å². The number of Topliss-reactive ketones (excluding diaryl/α,β-unsaturated/α-hetero) is 1. The number of halogens is 1. The SMILES string of the molecule is C[C@H]1C(=O)C(C#N)=C[C@@]2(C)c3nc(-c4cccc(-c5ccncc5)c4)n(-c4cccc(F)c4)c3CC[C@H]12. The van der Waals surface area contributed by atoms with Crippen LogP contribution in [0.5, 0.6) is 0 Å². The molecule has 2 aliphatic carbocycles. The fraction of sp³-hybridized carbons (Fsp3) is 0.226. The zero-order valence-electron chi connectivity index (χ0n) is 20.6. The van der Waals surface area contributed by atoms with Gasteiger partial charge in [-0.25, -0.2) is 9.37 Å². The van der Waals surface area contributed by atoms with Crippen molar-refractivity contribution in [2.45, 2.75) is 32.1 Å². The van der Waals surface area contributed by atoms with Gasteiger partial charge in [0.15, 0.2) is 5.78 Å². The maximum absolute atomic E-state index is 14.4. The normalized spacial score (nSPS) is 22.5. The highest BCUT2D eigenvalue weighted by atomic mass is 19.1. The van der Waals surface area contributed by atoms with E-state index >= 15 is 0 Å². The highest BCUT2D eigenvalue weighted by Gasteiger charge is 2.50. The Morgan fingerprint density at radius 2 is 1.81 bits per heavy atom. The van der Waals surface area contributed by atoms with Gasteiger partial charge in [0.2, 0.25) is 0 Å². The van der Waals surface area contributed by atoms with Crippen LogP contribution in [-0.2, 0) is 16.6 Å². The minimum absolute atomic E-state index is 0.0384. The van der Waals surface area contributed by atoms with Gasteiger partial charge in [0.05, 0.1) is 17.0 Å². The molecule has 0 saturated heterocycles. The van der Waals surface area contributed by atoms with Crippen LogP contribution >= 0.6 is 0 Å². The minimum Gasteiger partial charge on any atom is -0.296 e. The van der Waals surface area contributed by atoms with Crippen molar-refractivity contribution in [3.05, 3.63) is 102 Å². The van der Waals surface area contributed by atoms with Crippen LogP contribution in [0.25, 0.3) is 28.2 Å². The molecule has 0 amide bonds. The van der Waals surface area contributed by atoms with E-state index in [4.69, 9.17) is 4.98 Å². The molecule has 0 saturated carbocycles. The molecular weight excluding hydrogens is 463 g/mol. The second kappa shape index (κ2) is 8.63. The third kappa shape index (κ3) is 3.62. The Bertz CT molecular complexity index is 1610. The Morgan fingerprint density at radius 3 is 2.57 bits per heavy atom. The predicted molar refractivity (Wildman–Crippen MR) is 139 cm³/mol. The van der Waals surface area contributed by atoms with Crippen LogP contribution in [0.1, 0.15) is 31.7 Å². The van der Waals surface area contributed by atoms with E-state index < -0.39 is 5.41 Å². The number of pyridine rings is 1. The zero-order valence-corrected chi connectivity index (χ0v) is 20.6. The third-order valence-electron chi connectivity index (χ3n) is 7.99. The van der Waals surface area contributed by atoms with Gasteiger partial charge in [-0.2, -0.15) is 5.26 Å². The molecule has 0 fully saturated rings. The summed E-state index contributed by atoms with van der Waals surface area (Å²) >= 11 is 0. The van der Waals surface area contributed by atoms with E-state index in [-0.39, 0.29) is 29.0 Å². The fourth-order valence-electron chi connectivity index (χ4n) is 6.18. The summed E-state index contributed by atoms with van der Waals surface area (Å²) in [4.78, 5) is 22.2. The van der Waals surface area contributed by atoms with Gasteiger partial charge >= 0.3 is 0 Å². The van der Waals surface area contributed by atoms with Crippen molar-refractivity contribution in [2.24, 2.45) is 11.8 Å². The van der Waals surface area contributed by atoms with Crippen molar-refractivity contribution in [3.8, 4) is 34.3 Å². The number of benzene rings is 2. The summed E-state index contributed by atoms with van der Waals surface area (Å²) in [6.07, 6.45) is 6.83. The number of carbonyl (C=O) groups excluding carboxylic acids is 1. The highest BCUT2D eigenvalue weighted by molar-refractivity contribution is 6.02. The van der Waals surface area contributed by atoms with Gasteiger partial charge in [0.25, 0.3) is 0 Å². The Labute approximate surface area is 214 Å². The zero-order chi connectivity index (χ0) is 25.7. The van der Waals surface area contributed by atoms with Crippen LogP contribution in [0.3, 0.4) is 0 Å². The number of nitriles is 1. The maximum atomic E-state index is 14.4. The number of ketones is 1. The number of hydrogen-bond acceptors (Lipinski definition) is 4. The highest BCUT2D eigenvalue weighted by Crippen LogP contribution is 2.50. The number of allylic oxidation sites excluding steroid dienone is 2. The van der Waals surface area contributed by atoms with Crippen LogP contribution in [-0.4, -0.2) is 20.3 Å². The maximum Gasteiger partial charge on any atom is 0.176 e. The Kier molecular flexibility index (Phi) is 5.38. The molecule has 37 heavy (non-hydrogen) atoms. The van der Waals surface area contributed by atoms with Crippen molar-refractivity contribution in [3.63, 3.8) is 0 Å². The number of hydrogen-bond donors (Lipinski definition) is 0. The molecule has 6 heteroatoms. The molecule has 6 rings (SSSR count). The van der Waals surface area contributed by atoms with Crippen LogP contribution in [0.4, 0.5) is 4.39 Å². The van der Waals surface area contributed by atoms with Crippen LogP contribution in [0.15, 0.2) is 84.7 Å². The second-order valence-corrected chi connectivity index (χ2v) is 10.1. The molecule has 0 aliphatic heterocycles. The van der Waals surface area contributed by atoms with Gasteiger partial charge in [-0.1, -0.05) is 44.2 Å². The molecule has 0 radical (unpaired) electrons. The van der Waals surface area contributed by atoms with Crippen LogP contribution in [0.2, 0.25) is 0 Å². The van der Waals surface area contributed by atoms with Gasteiger partial charge < -0.3 is 0 Å². The summed E-state index contributed by atoms with van der Waals surface area (Å²) in [6.45, 7) is 4.00. The predicted octanol–water partition coefficient (Wildman–Crippen LogP) is 6.23. The first-order valence-corrected chi connectivity index (χ1v) is 12.5. The number of rotatable bonds is 3. The fourth-order valence-corrected chi connectivity index (χ4v) is 6.18. The first-order valence-electron chi connectivity index (χ1n) is 12.5. The van der Waals surface area contributed by atoms with Gasteiger partial charge in [-0.05, 0) is 66.3 Å². The number of nitrogens with zero attached hydrogens (tertiary/aromatic N) is 4. The average molecular weight is 489 g/mol. The van der Waals surface area contributed by atoms with Gasteiger partial charge in [-0.15, -0.1) is 0 Å². The van der Waals surface area contributed by atoms with Crippen LogP contribution < -0.4 is 0 Å². The second-order valence-electron chi connectivity index (χ2n) is 10.1. The minimum atomic E-state index is -0.581. The molecule has 0 spiro atoms. The summed E-state index contributed by atoms with van der Waals surface area (Å²) in [7, 11) is 0. The summed E-state index contributed by atoms with van der Waals surface area (Å²) in [5.41, 5.74) is 5.12. The van der Waals surface area contributed by atoms with Crippen molar-refractivity contribution >= 4 is 5.78 Å². The number of imidazole rings is 1. The summed E-state index contributed by atoms with van der Waals surface area (Å²) in [6, 6.07) is 20.7. The lowest BCUT2D eigenvalue weighted by Gasteiger charge is -2.44. The quantitative estimate of drug-likeness (QED) is 0.343. The van der Waals surface area contributed by atoms with Crippen molar-refractivity contribution < 1.29 is 9.18 Å². The molecule has 2 heterocycles. The van der Waals surface area contributed by atoms with E-state index in [9.17, 15) is 14.4 Å². The summed E-state index contributed by atoms with van der Waals surface area (Å²) < 4.78 is 16.5. The topological polar surface area (TPSA) is 71.6 Å². The Hall–Kier alpha value is -4.37. The lowest BCUT2D eigenvalue weighted by molar-refractivity contribution is -0.121. The van der Waals surface area contributed by atoms with E-state index in [1.165, 1.54) is 12.1 Å². The van der Waals surface area contributed by atoms with E-state index in [1.807, 2.05) is 54.0 Å². The monoisotopic (exact) mass is 488 g/mol. The lowest BCUT2D eigenvalue weighted by Crippen LogP contribution is -2.45. The molecule has 2 aromatic carbocycles. The first kappa shape index (κ1) is 23.1. The average Bonchev–Trinajstić information content (AvgIpc) is 3.32. The molecule has 2 aliphatic rings. The molecule has 3 atom stereocenters. The summed E-state index contributed by atoms with van der Waals surface area (Å²) in [5.74, 6) is 0.0695. The smallest absolute Gasteiger partial charge is 0.176 e. The molecule has 182 valence electrons. The molecule has 0 bridgehead atoms. The Balaban J connectivity index is 1.61. The van der Waals surface area contributed by atoms with Gasteiger partial charge in [-0.3, -0.25) is 14.3 Å². The lowest BCUT2D eigenvalue weighted by atomic mass is 9.58. The molecule has 0 unspecified atom stereocenters. The van der Waals surface area contributed by atoms with Gasteiger partial charge in [0.1, 0.15) is 17.7 Å². The largest absolute Gasteiger partial charge is 0.296 e. The number of fused-ring (bicyclic) bond motifs is 3. The first-order chi connectivity index (χ1) is 17.9. The van der Waals surface area contributed by atoms with Crippen LogP contribution in [0, 0.1) is 29.0 Å². The molecule has 2 aromatic heterocycles. The molecule has 0 N–H and O–H groups in total. The third-order valence-corrected chi connectivity index (χ3v) is 7.99. The van der Waals surface area contributed by atoms with Crippen molar-refractivity contribution in [1.29, 1.82) is 5.26 Å². The molecule has 5 nitrogen and oxygen atoms in total. The van der Waals surface area contributed by atoms with Gasteiger partial charge in [0, 0.05) is 35.0 Å². The standard InChI is InChI=1S/C31H25FN4O/c1-19-26-9-10-27-29(31(26,2)17-23(18-33)28(19)37)35-30(36(27)25-8-4-7-24(32)16-25)22-6-3-5-21(15-22)20-11-13-34-14-12-20/h3-8,11-17,19,26H,9-10H2,1-2H3/t19-,26-,31-/m1/s1. The van der Waals surface area contributed by atoms with E-state index in [1.54, 1.807) is 18.5 Å². The summed E-state index contributed by atoms with van der Waals surface area (Å²) in [5, 5.41) is 9.71. The van der Waals surface area contributed by atoms with Crippen molar-refractivity contribution in [2.75, 3.05) is 0 Å². The number of aromatic nitrogens is 3.